The van der Waals surface area contributed by atoms with Gasteiger partial charge in [-0.1, -0.05) is 13.8 Å². The highest BCUT2D eigenvalue weighted by Crippen LogP contribution is 2.16. The van der Waals surface area contributed by atoms with Crippen LogP contribution >= 0.6 is 24.0 Å². The zero-order chi connectivity index (χ0) is 23.5. The summed E-state index contributed by atoms with van der Waals surface area (Å²) < 4.78 is 10.6. The van der Waals surface area contributed by atoms with Gasteiger partial charge < -0.3 is 30.4 Å². The van der Waals surface area contributed by atoms with Crippen molar-refractivity contribution in [2.24, 2.45) is 4.99 Å². The molecule has 0 radical (unpaired) electrons. The van der Waals surface area contributed by atoms with Gasteiger partial charge in [0, 0.05) is 32.2 Å². The second-order valence-electron chi connectivity index (χ2n) is 8.51. The molecule has 0 aliphatic rings. The van der Waals surface area contributed by atoms with Crippen LogP contribution in [-0.2, 0) is 4.74 Å². The number of halogens is 1. The van der Waals surface area contributed by atoms with Gasteiger partial charge in [-0.15, -0.1) is 24.0 Å². The largest absolute Gasteiger partial charge is 0.459 e. The van der Waals surface area contributed by atoms with Crippen LogP contribution in [0.1, 0.15) is 70.0 Å². The van der Waals surface area contributed by atoms with Gasteiger partial charge >= 0.3 is 6.09 Å². The van der Waals surface area contributed by atoms with Gasteiger partial charge in [0.15, 0.2) is 11.7 Å². The molecule has 0 aliphatic heterocycles. The summed E-state index contributed by atoms with van der Waals surface area (Å²) in [6, 6.07) is 1.76. The normalized spacial score (nSPS) is 11.9. The summed E-state index contributed by atoms with van der Waals surface area (Å²) in [7, 11) is 1.69. The highest BCUT2D eigenvalue weighted by atomic mass is 127. The van der Waals surface area contributed by atoms with Crippen LogP contribution in [0.3, 0.4) is 0 Å². The van der Waals surface area contributed by atoms with Crippen molar-refractivity contribution in [1.82, 2.24) is 21.3 Å². The second-order valence-corrected chi connectivity index (χ2v) is 8.51. The highest BCUT2D eigenvalue weighted by Gasteiger charge is 2.30. The molecule has 0 aromatic carbocycles. The Morgan fingerprint density at radius 3 is 2.22 bits per heavy atom. The van der Waals surface area contributed by atoms with Crippen LogP contribution in [0, 0.1) is 6.92 Å². The Morgan fingerprint density at radius 1 is 1.09 bits per heavy atom. The number of alkyl carbamates (subject to hydrolysis) is 1. The predicted octanol–water partition coefficient (Wildman–Crippen LogP) is 3.57. The number of nitrogens with one attached hydrogen (secondary N) is 4. The average Bonchev–Trinajstić information content (AvgIpc) is 3.13. The van der Waals surface area contributed by atoms with E-state index in [9.17, 15) is 9.59 Å². The lowest BCUT2D eigenvalue weighted by Gasteiger charge is -2.34. The Hall–Kier alpha value is -1.98. The quantitative estimate of drug-likeness (QED) is 0.149. The number of aryl methyl sites for hydroxylation is 1. The molecule has 1 rings (SSSR count). The van der Waals surface area contributed by atoms with Crippen molar-refractivity contribution in [2.75, 3.05) is 26.7 Å². The molecule has 0 saturated heterocycles. The number of nitrogens with zero attached hydrogens (tertiary/aromatic N) is 1. The fourth-order valence-electron chi connectivity index (χ4n) is 2.90. The van der Waals surface area contributed by atoms with Gasteiger partial charge in [0.2, 0.25) is 0 Å². The van der Waals surface area contributed by atoms with Gasteiger partial charge in [0.25, 0.3) is 5.91 Å². The zero-order valence-corrected chi connectivity index (χ0v) is 22.7. The molecular weight excluding hydrogens is 525 g/mol. The fourth-order valence-corrected chi connectivity index (χ4v) is 2.90. The lowest BCUT2D eigenvalue weighted by atomic mass is 9.93. The number of rotatable bonds is 10. The topological polar surface area (TPSA) is 117 Å². The molecule has 1 aromatic rings. The van der Waals surface area contributed by atoms with E-state index in [1.54, 1.807) is 13.1 Å². The second kappa shape index (κ2) is 14.2. The summed E-state index contributed by atoms with van der Waals surface area (Å²) in [6.07, 6.45) is 3.28. The molecule has 0 unspecified atom stereocenters. The third-order valence-corrected chi connectivity index (χ3v) is 4.94. The maximum atomic E-state index is 12.3. The van der Waals surface area contributed by atoms with E-state index in [1.165, 1.54) is 6.26 Å². The molecule has 184 valence electrons. The third kappa shape index (κ3) is 10.6. The fraction of sp³-hybridized carbons (Fsp3) is 0.682. The van der Waals surface area contributed by atoms with Crippen LogP contribution in [0.2, 0.25) is 0 Å². The Labute approximate surface area is 208 Å². The van der Waals surface area contributed by atoms with Gasteiger partial charge in [-0.05, 0) is 53.0 Å². The maximum absolute atomic E-state index is 12.3. The SMILES string of the molecule is CCC(CC)(CNC(=NC)NCCCNC(=O)c1occc1C)NC(=O)OC(C)(C)C.I. The molecule has 10 heteroatoms. The summed E-state index contributed by atoms with van der Waals surface area (Å²) in [5.41, 5.74) is -0.182. The summed E-state index contributed by atoms with van der Waals surface area (Å²) in [4.78, 5) is 28.5. The van der Waals surface area contributed by atoms with Crippen molar-refractivity contribution in [3.8, 4) is 0 Å². The molecule has 4 N–H and O–H groups in total. The molecule has 1 heterocycles. The van der Waals surface area contributed by atoms with Crippen LogP contribution in [0.5, 0.6) is 0 Å². The van der Waals surface area contributed by atoms with Crippen molar-refractivity contribution in [1.29, 1.82) is 0 Å². The number of hydrogen-bond donors (Lipinski definition) is 4. The molecule has 0 spiro atoms. The van der Waals surface area contributed by atoms with Crippen molar-refractivity contribution >= 4 is 41.9 Å². The summed E-state index contributed by atoms with van der Waals surface area (Å²) in [5, 5.41) is 12.3. The van der Waals surface area contributed by atoms with E-state index < -0.39 is 17.2 Å². The standard InChI is InChI=1S/C22H39N5O4.HI/c1-8-22(9-2,27-20(29)31-21(4,5)6)15-26-19(23-7)25-13-10-12-24-18(28)17-16(3)11-14-30-17;/h11,14H,8-10,12-13,15H2,1-7H3,(H,24,28)(H,27,29)(H2,23,25,26);1H. The van der Waals surface area contributed by atoms with Gasteiger partial charge in [0.05, 0.1) is 11.8 Å². The Bertz CT molecular complexity index is 739. The number of guanidine groups is 1. The first-order valence-electron chi connectivity index (χ1n) is 10.8. The number of amides is 2. The lowest BCUT2D eigenvalue weighted by molar-refractivity contribution is 0.0448. The van der Waals surface area contributed by atoms with E-state index in [2.05, 4.69) is 26.3 Å². The van der Waals surface area contributed by atoms with E-state index in [-0.39, 0.29) is 29.9 Å². The van der Waals surface area contributed by atoms with Crippen LogP contribution in [-0.4, -0.2) is 55.8 Å². The molecule has 0 atom stereocenters. The third-order valence-electron chi connectivity index (χ3n) is 4.94. The molecule has 2 amide bonds. The van der Waals surface area contributed by atoms with Gasteiger partial charge in [0.1, 0.15) is 5.60 Å². The van der Waals surface area contributed by atoms with Crippen molar-refractivity contribution in [3.63, 3.8) is 0 Å². The summed E-state index contributed by atoms with van der Waals surface area (Å²) in [5.74, 6) is 0.762. The van der Waals surface area contributed by atoms with Crippen molar-refractivity contribution in [3.05, 3.63) is 23.7 Å². The Balaban J connectivity index is 0.00000961. The number of carbonyl (C=O) groups is 2. The molecule has 0 bridgehead atoms. The van der Waals surface area contributed by atoms with Crippen LogP contribution in [0.25, 0.3) is 0 Å². The van der Waals surface area contributed by atoms with Crippen LogP contribution in [0.15, 0.2) is 21.7 Å². The van der Waals surface area contributed by atoms with E-state index in [0.717, 1.165) is 24.8 Å². The molecule has 9 nitrogen and oxygen atoms in total. The molecule has 1 aromatic heterocycles. The zero-order valence-electron chi connectivity index (χ0n) is 20.4. The number of furan rings is 1. The summed E-state index contributed by atoms with van der Waals surface area (Å²) in [6.45, 7) is 13.1. The molecule has 32 heavy (non-hydrogen) atoms. The van der Waals surface area contributed by atoms with E-state index in [0.29, 0.717) is 31.4 Å². The van der Waals surface area contributed by atoms with Gasteiger partial charge in [-0.25, -0.2) is 4.79 Å². The minimum atomic E-state index is -0.548. The van der Waals surface area contributed by atoms with Crippen molar-refractivity contribution in [2.45, 2.75) is 71.9 Å². The predicted molar refractivity (Wildman–Crippen MR) is 138 cm³/mol. The van der Waals surface area contributed by atoms with E-state index in [4.69, 9.17) is 9.15 Å². The van der Waals surface area contributed by atoms with E-state index in [1.807, 2.05) is 41.5 Å². The Kier molecular flexibility index (Phi) is 13.3. The first kappa shape index (κ1) is 30.0. The van der Waals surface area contributed by atoms with Crippen molar-refractivity contribution < 1.29 is 18.7 Å². The molecular formula is C22H40IN5O4. The Morgan fingerprint density at radius 2 is 1.72 bits per heavy atom. The maximum Gasteiger partial charge on any atom is 0.408 e. The van der Waals surface area contributed by atoms with Crippen LogP contribution in [0.4, 0.5) is 4.79 Å². The molecule has 0 aliphatic carbocycles. The highest BCUT2D eigenvalue weighted by molar-refractivity contribution is 14.0. The first-order chi connectivity index (χ1) is 14.6. The van der Waals surface area contributed by atoms with E-state index >= 15 is 0 Å². The summed E-state index contributed by atoms with van der Waals surface area (Å²) >= 11 is 0. The number of hydrogen-bond acceptors (Lipinski definition) is 5. The molecule has 0 saturated carbocycles. The van der Waals surface area contributed by atoms with Crippen LogP contribution < -0.4 is 21.3 Å². The number of ether oxygens (including phenoxy) is 1. The lowest BCUT2D eigenvalue weighted by Crippen LogP contribution is -2.57. The average molecular weight is 565 g/mol. The first-order valence-corrected chi connectivity index (χ1v) is 10.8. The number of carbonyl (C=O) groups excluding carboxylic acids is 2. The van der Waals surface area contributed by atoms with Gasteiger partial charge in [-0.3, -0.25) is 9.79 Å². The minimum Gasteiger partial charge on any atom is -0.459 e. The molecule has 0 fully saturated rings. The monoisotopic (exact) mass is 565 g/mol. The van der Waals surface area contributed by atoms with Gasteiger partial charge in [-0.2, -0.15) is 0 Å². The minimum absolute atomic E-state index is 0. The smallest absolute Gasteiger partial charge is 0.408 e. The number of aliphatic imine (C=N–C) groups is 1.